The second-order valence-corrected chi connectivity index (χ2v) is 5.56. The van der Waals surface area contributed by atoms with E-state index < -0.39 is 17.7 Å². The highest BCUT2D eigenvalue weighted by atomic mass is 16.7. The van der Waals surface area contributed by atoms with Gasteiger partial charge in [0.1, 0.15) is 11.3 Å². The van der Waals surface area contributed by atoms with Gasteiger partial charge in [0.15, 0.2) is 0 Å². The van der Waals surface area contributed by atoms with Crippen LogP contribution >= 0.6 is 0 Å². The Morgan fingerprint density at radius 1 is 1.10 bits per heavy atom. The molecule has 110 valence electrons. The van der Waals surface area contributed by atoms with Crippen LogP contribution in [0.3, 0.4) is 0 Å². The first-order valence-corrected chi connectivity index (χ1v) is 6.78. The highest BCUT2D eigenvalue weighted by Gasteiger charge is 2.41. The number of ether oxygens (including phenoxy) is 3. The number of benzene rings is 1. The van der Waals surface area contributed by atoms with E-state index in [0.717, 1.165) is 17.5 Å². The van der Waals surface area contributed by atoms with Crippen LogP contribution < -0.4 is 4.74 Å². The van der Waals surface area contributed by atoms with Crippen molar-refractivity contribution in [2.24, 2.45) is 0 Å². The molecule has 1 aliphatic carbocycles. The average Bonchev–Trinajstić information content (AvgIpc) is 2.79. The fraction of sp³-hybridized carbons (Fsp3) is 0.375. The maximum Gasteiger partial charge on any atom is 0.349 e. The molecule has 21 heavy (non-hydrogen) atoms. The van der Waals surface area contributed by atoms with Crippen molar-refractivity contribution in [3.63, 3.8) is 0 Å². The Labute approximate surface area is 122 Å². The third-order valence-corrected chi connectivity index (χ3v) is 3.67. The summed E-state index contributed by atoms with van der Waals surface area (Å²) in [6.45, 7) is 3.08. The molecule has 5 nitrogen and oxygen atoms in total. The minimum atomic E-state index is -1.21. The summed E-state index contributed by atoms with van der Waals surface area (Å²) in [6, 6.07) is 5.66. The van der Waals surface area contributed by atoms with Gasteiger partial charge in [0.25, 0.3) is 5.79 Å². The van der Waals surface area contributed by atoms with Gasteiger partial charge in [0.2, 0.25) is 0 Å². The summed E-state index contributed by atoms with van der Waals surface area (Å²) >= 11 is 0. The van der Waals surface area contributed by atoms with Crippen LogP contribution in [0, 0.1) is 0 Å². The van der Waals surface area contributed by atoms with Crippen LogP contribution in [0.15, 0.2) is 23.8 Å². The molecule has 1 aromatic rings. The van der Waals surface area contributed by atoms with E-state index in [1.165, 1.54) is 13.8 Å². The van der Waals surface area contributed by atoms with E-state index in [1.807, 2.05) is 18.2 Å². The molecule has 1 aromatic carbocycles. The summed E-state index contributed by atoms with van der Waals surface area (Å²) in [5.41, 5.74) is 2.62. The number of fused-ring (bicyclic) bond motifs is 1. The Kier molecular flexibility index (Phi) is 3.01. The van der Waals surface area contributed by atoms with E-state index in [0.29, 0.717) is 17.7 Å². The molecule has 0 amide bonds. The van der Waals surface area contributed by atoms with E-state index in [1.54, 1.807) is 7.11 Å². The van der Waals surface area contributed by atoms with Gasteiger partial charge in [-0.05, 0) is 41.7 Å². The van der Waals surface area contributed by atoms with Crippen LogP contribution in [0.2, 0.25) is 0 Å². The number of methoxy groups -OCH3 is 1. The molecule has 0 unspecified atom stereocenters. The lowest BCUT2D eigenvalue weighted by Gasteiger charge is -2.30. The number of hydrogen-bond donors (Lipinski definition) is 0. The van der Waals surface area contributed by atoms with Crippen LogP contribution in [0.4, 0.5) is 0 Å². The van der Waals surface area contributed by atoms with Gasteiger partial charge in [-0.15, -0.1) is 0 Å². The minimum absolute atomic E-state index is 0.00123. The number of allylic oxidation sites excluding steroid dienone is 1. The molecule has 1 aliphatic heterocycles. The number of hydrogen-bond acceptors (Lipinski definition) is 5. The Hall–Kier alpha value is -2.30. The second kappa shape index (κ2) is 4.62. The van der Waals surface area contributed by atoms with Gasteiger partial charge in [-0.2, -0.15) is 0 Å². The van der Waals surface area contributed by atoms with E-state index in [-0.39, 0.29) is 5.57 Å². The van der Waals surface area contributed by atoms with Crippen molar-refractivity contribution >= 4 is 17.5 Å². The zero-order valence-corrected chi connectivity index (χ0v) is 12.2. The Morgan fingerprint density at radius 3 is 2.38 bits per heavy atom. The van der Waals surface area contributed by atoms with Crippen molar-refractivity contribution in [2.45, 2.75) is 32.5 Å². The first-order valence-electron chi connectivity index (χ1n) is 6.78. The predicted octanol–water partition coefficient (Wildman–Crippen LogP) is 2.23. The molecule has 0 radical (unpaired) electrons. The third-order valence-electron chi connectivity index (χ3n) is 3.67. The monoisotopic (exact) mass is 288 g/mol. The number of carbonyl (C=O) groups excluding carboxylic acids is 2. The first kappa shape index (κ1) is 13.7. The molecule has 0 spiro atoms. The topological polar surface area (TPSA) is 61.8 Å². The Bertz CT molecular complexity index is 647. The van der Waals surface area contributed by atoms with Crippen molar-refractivity contribution in [2.75, 3.05) is 7.11 Å². The molecule has 0 atom stereocenters. The highest BCUT2D eigenvalue weighted by Crippen LogP contribution is 2.39. The van der Waals surface area contributed by atoms with Crippen LogP contribution in [-0.4, -0.2) is 24.8 Å². The highest BCUT2D eigenvalue weighted by molar-refractivity contribution is 6.21. The maximum absolute atomic E-state index is 12.2. The summed E-state index contributed by atoms with van der Waals surface area (Å²) in [4.78, 5) is 24.3. The van der Waals surface area contributed by atoms with Crippen molar-refractivity contribution in [3.05, 3.63) is 34.9 Å². The molecule has 1 heterocycles. The minimum Gasteiger partial charge on any atom is -0.497 e. The molecule has 3 rings (SSSR count). The Morgan fingerprint density at radius 2 is 1.76 bits per heavy atom. The molecule has 0 saturated carbocycles. The molecular weight excluding hydrogens is 272 g/mol. The molecule has 1 fully saturated rings. The summed E-state index contributed by atoms with van der Waals surface area (Å²) in [5, 5.41) is 0. The fourth-order valence-corrected chi connectivity index (χ4v) is 2.73. The smallest absolute Gasteiger partial charge is 0.349 e. The van der Waals surface area contributed by atoms with Crippen molar-refractivity contribution in [1.29, 1.82) is 0 Å². The summed E-state index contributed by atoms with van der Waals surface area (Å²) < 4.78 is 15.5. The second-order valence-electron chi connectivity index (χ2n) is 5.56. The van der Waals surface area contributed by atoms with E-state index >= 15 is 0 Å². The van der Waals surface area contributed by atoms with Crippen LogP contribution in [0.5, 0.6) is 5.75 Å². The molecule has 0 aromatic heterocycles. The van der Waals surface area contributed by atoms with Gasteiger partial charge in [0, 0.05) is 13.8 Å². The molecule has 1 saturated heterocycles. The predicted molar refractivity (Wildman–Crippen MR) is 74.5 cm³/mol. The molecule has 0 bridgehead atoms. The lowest BCUT2D eigenvalue weighted by atomic mass is 10.0. The first-order chi connectivity index (χ1) is 9.91. The van der Waals surface area contributed by atoms with Gasteiger partial charge in [-0.25, -0.2) is 9.59 Å². The standard InChI is InChI=1S/C16H16O5/c1-16(2)20-14(17)13(15(18)21-16)11-7-5-9-4-6-10(19-3)8-12(9)11/h4,6,8H,5,7H2,1-3H3. The average molecular weight is 288 g/mol. The fourth-order valence-electron chi connectivity index (χ4n) is 2.73. The Balaban J connectivity index is 2.10. The molecule has 0 N–H and O–H groups in total. The van der Waals surface area contributed by atoms with Crippen molar-refractivity contribution < 1.29 is 23.8 Å². The van der Waals surface area contributed by atoms with Crippen LogP contribution in [-0.2, 0) is 25.5 Å². The third kappa shape index (κ3) is 2.28. The normalized spacial score (nSPS) is 20.0. The molecule has 5 heteroatoms. The summed E-state index contributed by atoms with van der Waals surface area (Å²) in [6.07, 6.45) is 1.39. The summed E-state index contributed by atoms with van der Waals surface area (Å²) in [5.74, 6) is -1.77. The summed E-state index contributed by atoms with van der Waals surface area (Å²) in [7, 11) is 1.58. The quantitative estimate of drug-likeness (QED) is 0.450. The maximum atomic E-state index is 12.2. The van der Waals surface area contributed by atoms with Gasteiger partial charge in [-0.1, -0.05) is 6.07 Å². The number of rotatable bonds is 1. The lowest BCUT2D eigenvalue weighted by molar-refractivity contribution is -0.222. The number of esters is 2. The number of carbonyl (C=O) groups is 2. The zero-order valence-electron chi connectivity index (χ0n) is 12.2. The largest absolute Gasteiger partial charge is 0.497 e. The van der Waals surface area contributed by atoms with Gasteiger partial charge in [-0.3, -0.25) is 0 Å². The lowest BCUT2D eigenvalue weighted by Crippen LogP contribution is -2.42. The van der Waals surface area contributed by atoms with E-state index in [2.05, 4.69) is 0 Å². The SMILES string of the molecule is COc1ccc2c(c1)C(=C1C(=O)OC(C)(C)OC1=O)CC2. The van der Waals surface area contributed by atoms with E-state index in [9.17, 15) is 9.59 Å². The van der Waals surface area contributed by atoms with Crippen LogP contribution in [0.1, 0.15) is 31.4 Å². The van der Waals surface area contributed by atoms with Gasteiger partial charge >= 0.3 is 11.9 Å². The zero-order chi connectivity index (χ0) is 15.2. The molecule has 2 aliphatic rings. The van der Waals surface area contributed by atoms with Crippen molar-refractivity contribution in [1.82, 2.24) is 0 Å². The van der Waals surface area contributed by atoms with Gasteiger partial charge in [0.05, 0.1) is 7.11 Å². The van der Waals surface area contributed by atoms with Crippen molar-refractivity contribution in [3.8, 4) is 5.75 Å². The number of cyclic esters (lactones) is 2. The van der Waals surface area contributed by atoms with Crippen LogP contribution in [0.25, 0.3) is 5.57 Å². The van der Waals surface area contributed by atoms with E-state index in [4.69, 9.17) is 14.2 Å². The van der Waals surface area contributed by atoms with Gasteiger partial charge < -0.3 is 14.2 Å². The number of aryl methyl sites for hydroxylation is 1. The molecular formula is C16H16O5.